The molecule has 0 spiro atoms. The monoisotopic (exact) mass is 389 g/mol. The van der Waals surface area contributed by atoms with Gasteiger partial charge in [-0.1, -0.05) is 0 Å². The number of amides is 1. The number of aromatic nitrogens is 3. The smallest absolute Gasteiger partial charge is 0.255 e. The van der Waals surface area contributed by atoms with Crippen LogP contribution in [-0.2, 0) is 16.0 Å². The molecule has 0 saturated carbocycles. The Hall–Kier alpha value is -2.19. The molecule has 1 aliphatic heterocycles. The van der Waals surface area contributed by atoms with Crippen LogP contribution in [0, 0.1) is 0 Å². The van der Waals surface area contributed by atoms with Crippen LogP contribution in [0.25, 0.3) is 11.0 Å². The predicted molar refractivity (Wildman–Crippen MR) is 109 cm³/mol. The molecule has 0 atom stereocenters. The molecule has 1 fully saturated rings. The van der Waals surface area contributed by atoms with Crippen molar-refractivity contribution in [2.75, 3.05) is 31.7 Å². The van der Waals surface area contributed by atoms with E-state index < -0.39 is 0 Å². The number of aryl methyl sites for hydroxylation is 1. The lowest BCUT2D eigenvalue weighted by Crippen LogP contribution is -2.32. The molecule has 0 unspecified atom stereocenters. The van der Waals surface area contributed by atoms with Gasteiger partial charge in [-0.15, -0.1) is 0 Å². The summed E-state index contributed by atoms with van der Waals surface area (Å²) in [5.74, 6) is -0.161. The topological polar surface area (TPSA) is 90.3 Å². The number of hydrogen-bond donors (Lipinski definition) is 2. The van der Waals surface area contributed by atoms with Crippen LogP contribution in [0.3, 0.4) is 0 Å². The zero-order chi connectivity index (χ0) is 20.1. The lowest BCUT2D eigenvalue weighted by molar-refractivity contribution is -0.000653. The van der Waals surface area contributed by atoms with Gasteiger partial charge < -0.3 is 20.1 Å². The third kappa shape index (κ3) is 4.99. The number of pyridine rings is 1. The molecule has 0 bridgehead atoms. The lowest BCUT2D eigenvalue weighted by Gasteiger charge is -2.25. The molecule has 28 heavy (non-hydrogen) atoms. The quantitative estimate of drug-likeness (QED) is 0.708. The fourth-order valence-corrected chi connectivity index (χ4v) is 3.25. The molecule has 3 rings (SSSR count). The fourth-order valence-electron chi connectivity index (χ4n) is 3.25. The van der Waals surface area contributed by atoms with Crippen LogP contribution in [0.2, 0.25) is 0 Å². The predicted octanol–water partition coefficient (Wildman–Crippen LogP) is 2.59. The SMILES string of the molecule is CCn1ncc2c(NC3CCOCC3)c(C(=O)NCCOC(C)(C)C)cnc21. The highest BCUT2D eigenvalue weighted by Gasteiger charge is 2.22. The minimum atomic E-state index is -0.226. The van der Waals surface area contributed by atoms with Crippen LogP contribution < -0.4 is 10.6 Å². The fraction of sp³-hybridized carbons (Fsp3) is 0.650. The molecule has 0 aliphatic carbocycles. The zero-order valence-electron chi connectivity index (χ0n) is 17.2. The second-order valence-electron chi connectivity index (χ2n) is 7.99. The summed E-state index contributed by atoms with van der Waals surface area (Å²) in [5.41, 5.74) is 1.89. The Morgan fingerprint density at radius 3 is 2.75 bits per heavy atom. The second-order valence-corrected chi connectivity index (χ2v) is 7.99. The summed E-state index contributed by atoms with van der Waals surface area (Å²) in [4.78, 5) is 17.4. The van der Waals surface area contributed by atoms with Gasteiger partial charge in [0.1, 0.15) is 0 Å². The Labute approximate surface area is 166 Å². The maximum Gasteiger partial charge on any atom is 0.255 e. The molecule has 154 valence electrons. The molecule has 1 aliphatic rings. The van der Waals surface area contributed by atoms with Crippen molar-refractivity contribution in [1.82, 2.24) is 20.1 Å². The lowest BCUT2D eigenvalue weighted by atomic mass is 10.1. The molecule has 1 saturated heterocycles. The average Bonchev–Trinajstić information content (AvgIpc) is 3.09. The second kappa shape index (κ2) is 8.87. The van der Waals surface area contributed by atoms with Gasteiger partial charge in [0.2, 0.25) is 0 Å². The molecule has 8 heteroatoms. The van der Waals surface area contributed by atoms with E-state index >= 15 is 0 Å². The Morgan fingerprint density at radius 2 is 2.07 bits per heavy atom. The van der Waals surface area contributed by atoms with Gasteiger partial charge in [-0.3, -0.25) is 4.79 Å². The Kier molecular flexibility index (Phi) is 6.51. The van der Waals surface area contributed by atoms with Gasteiger partial charge in [-0.05, 0) is 40.5 Å². The van der Waals surface area contributed by atoms with E-state index in [1.54, 1.807) is 12.4 Å². The highest BCUT2D eigenvalue weighted by Crippen LogP contribution is 2.28. The molecular weight excluding hydrogens is 358 g/mol. The van der Waals surface area contributed by atoms with Gasteiger partial charge >= 0.3 is 0 Å². The summed E-state index contributed by atoms with van der Waals surface area (Å²) < 4.78 is 13.0. The average molecular weight is 390 g/mol. The van der Waals surface area contributed by atoms with E-state index in [0.717, 1.165) is 49.3 Å². The van der Waals surface area contributed by atoms with Gasteiger partial charge in [0.25, 0.3) is 5.91 Å². The number of nitrogens with zero attached hydrogens (tertiary/aromatic N) is 3. The first-order valence-electron chi connectivity index (χ1n) is 10.00. The van der Waals surface area contributed by atoms with Crippen LogP contribution in [0.5, 0.6) is 0 Å². The van der Waals surface area contributed by atoms with Crippen LogP contribution in [-0.4, -0.2) is 58.7 Å². The van der Waals surface area contributed by atoms with Crippen molar-refractivity contribution in [3.8, 4) is 0 Å². The first-order chi connectivity index (χ1) is 13.4. The van der Waals surface area contributed by atoms with Gasteiger partial charge in [0.05, 0.1) is 35.0 Å². The highest BCUT2D eigenvalue weighted by atomic mass is 16.5. The number of carbonyl (C=O) groups is 1. The number of nitrogens with one attached hydrogen (secondary N) is 2. The molecule has 1 amide bonds. The number of hydrogen-bond acceptors (Lipinski definition) is 6. The van der Waals surface area contributed by atoms with Gasteiger partial charge in [0, 0.05) is 38.5 Å². The molecular formula is C20H31N5O3. The summed E-state index contributed by atoms with van der Waals surface area (Å²) in [7, 11) is 0. The molecule has 3 heterocycles. The first kappa shape index (κ1) is 20.5. The standard InChI is InChI=1S/C20H31N5O3/c1-5-25-18-15(13-23-25)17(24-14-6-9-27-10-7-14)16(12-22-18)19(26)21-8-11-28-20(2,3)4/h12-14H,5-11H2,1-4H3,(H,21,26)(H,22,24). The van der Waals surface area contributed by atoms with E-state index in [-0.39, 0.29) is 17.6 Å². The van der Waals surface area contributed by atoms with Crippen molar-refractivity contribution in [1.29, 1.82) is 0 Å². The summed E-state index contributed by atoms with van der Waals surface area (Å²) in [6.45, 7) is 11.1. The van der Waals surface area contributed by atoms with Crippen molar-refractivity contribution in [3.63, 3.8) is 0 Å². The van der Waals surface area contributed by atoms with Gasteiger partial charge in [-0.25, -0.2) is 9.67 Å². The number of carbonyl (C=O) groups excluding carboxylic acids is 1. The van der Waals surface area contributed by atoms with Crippen molar-refractivity contribution in [3.05, 3.63) is 18.0 Å². The van der Waals surface area contributed by atoms with Gasteiger partial charge in [0.15, 0.2) is 5.65 Å². The molecule has 2 N–H and O–H groups in total. The third-order valence-electron chi connectivity index (χ3n) is 4.70. The molecule has 0 radical (unpaired) electrons. The zero-order valence-corrected chi connectivity index (χ0v) is 17.2. The Morgan fingerprint density at radius 1 is 1.32 bits per heavy atom. The van der Waals surface area contributed by atoms with E-state index in [4.69, 9.17) is 9.47 Å². The van der Waals surface area contributed by atoms with Crippen molar-refractivity contribution in [2.45, 2.75) is 58.7 Å². The van der Waals surface area contributed by atoms with E-state index in [0.29, 0.717) is 18.7 Å². The molecule has 2 aromatic rings. The van der Waals surface area contributed by atoms with Crippen molar-refractivity contribution in [2.24, 2.45) is 0 Å². The Bertz CT molecular complexity index is 806. The minimum absolute atomic E-state index is 0.161. The maximum absolute atomic E-state index is 12.9. The first-order valence-corrected chi connectivity index (χ1v) is 10.00. The molecule has 8 nitrogen and oxygen atoms in total. The van der Waals surface area contributed by atoms with Crippen LogP contribution in [0.4, 0.5) is 5.69 Å². The Balaban J connectivity index is 1.81. The largest absolute Gasteiger partial charge is 0.381 e. The number of ether oxygens (including phenoxy) is 2. The van der Waals surface area contributed by atoms with E-state index in [2.05, 4.69) is 20.7 Å². The van der Waals surface area contributed by atoms with Crippen molar-refractivity contribution >= 4 is 22.6 Å². The number of fused-ring (bicyclic) bond motifs is 1. The van der Waals surface area contributed by atoms with E-state index in [1.165, 1.54) is 0 Å². The normalized spacial score (nSPS) is 15.7. The highest BCUT2D eigenvalue weighted by molar-refractivity contribution is 6.06. The van der Waals surface area contributed by atoms with Crippen LogP contribution in [0.1, 0.15) is 50.9 Å². The third-order valence-corrected chi connectivity index (χ3v) is 4.70. The number of anilines is 1. The number of rotatable bonds is 7. The van der Waals surface area contributed by atoms with Crippen LogP contribution >= 0.6 is 0 Å². The summed E-state index contributed by atoms with van der Waals surface area (Å²) in [6.07, 6.45) is 5.24. The molecule has 0 aromatic carbocycles. The van der Waals surface area contributed by atoms with E-state index in [1.807, 2.05) is 32.4 Å². The molecule has 2 aromatic heterocycles. The maximum atomic E-state index is 12.9. The van der Waals surface area contributed by atoms with Crippen LogP contribution in [0.15, 0.2) is 12.4 Å². The summed E-state index contributed by atoms with van der Waals surface area (Å²) >= 11 is 0. The van der Waals surface area contributed by atoms with Gasteiger partial charge in [-0.2, -0.15) is 5.10 Å². The summed E-state index contributed by atoms with van der Waals surface area (Å²) in [5, 5.41) is 11.8. The van der Waals surface area contributed by atoms with E-state index in [9.17, 15) is 4.79 Å². The summed E-state index contributed by atoms with van der Waals surface area (Å²) in [6, 6.07) is 0.264. The van der Waals surface area contributed by atoms with Crippen molar-refractivity contribution < 1.29 is 14.3 Å². The minimum Gasteiger partial charge on any atom is -0.381 e.